The number of carbonyl (C=O) groups excluding carboxylic acids is 1. The molecular weight excluding hydrogens is 366 g/mol. The number of carbonyl (C=O) groups is 1. The van der Waals surface area contributed by atoms with Crippen LogP contribution in [0.2, 0.25) is 0 Å². The lowest BCUT2D eigenvalue weighted by Gasteiger charge is -2.21. The molecule has 2 aromatic carbocycles. The summed E-state index contributed by atoms with van der Waals surface area (Å²) in [5.74, 6) is -1.12. The maximum atomic E-state index is 13.3. The van der Waals surface area contributed by atoms with Crippen LogP contribution >= 0.6 is 0 Å². The van der Waals surface area contributed by atoms with Gasteiger partial charge in [-0.2, -0.15) is 0 Å². The van der Waals surface area contributed by atoms with Gasteiger partial charge in [-0.25, -0.2) is 17.2 Å². The molecular formula is C17H18F2N2O4S. The van der Waals surface area contributed by atoms with Crippen LogP contribution in [-0.4, -0.2) is 40.3 Å². The Morgan fingerprint density at radius 1 is 1.12 bits per heavy atom. The van der Waals surface area contributed by atoms with Gasteiger partial charge in [0, 0.05) is 0 Å². The standard InChI is InChI=1S/C17H18F2N2O4S/c1-26(23,24)21(15-4-2-3-14(19)11-15)12-17(22)20-9-10-25-16-7-5-13(18)6-8-16/h2-8,11H,9-10,12H2,1H3,(H,20,22). The molecule has 0 saturated carbocycles. The van der Waals surface area contributed by atoms with Crippen LogP contribution in [0, 0.1) is 11.6 Å². The molecule has 1 amide bonds. The number of benzene rings is 2. The van der Waals surface area contributed by atoms with E-state index in [1.165, 1.54) is 42.5 Å². The second-order valence-electron chi connectivity index (χ2n) is 5.40. The predicted molar refractivity (Wildman–Crippen MR) is 93.5 cm³/mol. The van der Waals surface area contributed by atoms with Crippen molar-refractivity contribution in [3.05, 3.63) is 60.2 Å². The maximum absolute atomic E-state index is 13.3. The molecule has 0 aliphatic heterocycles. The third-order valence-electron chi connectivity index (χ3n) is 3.29. The van der Waals surface area contributed by atoms with E-state index in [0.717, 1.165) is 16.6 Å². The van der Waals surface area contributed by atoms with E-state index in [-0.39, 0.29) is 24.7 Å². The smallest absolute Gasteiger partial charge is 0.240 e. The van der Waals surface area contributed by atoms with Gasteiger partial charge in [-0.15, -0.1) is 0 Å². The Hall–Kier alpha value is -2.68. The third kappa shape index (κ3) is 5.99. The molecule has 0 saturated heterocycles. The Bertz CT molecular complexity index is 857. The summed E-state index contributed by atoms with van der Waals surface area (Å²) in [7, 11) is -3.77. The van der Waals surface area contributed by atoms with Crippen LogP contribution < -0.4 is 14.4 Å². The second kappa shape index (κ2) is 8.61. The van der Waals surface area contributed by atoms with Gasteiger partial charge in [0.15, 0.2) is 0 Å². The summed E-state index contributed by atoms with van der Waals surface area (Å²) >= 11 is 0. The lowest BCUT2D eigenvalue weighted by atomic mass is 10.3. The Labute approximate surface area is 150 Å². The number of amides is 1. The SMILES string of the molecule is CS(=O)(=O)N(CC(=O)NCCOc1ccc(F)cc1)c1cccc(F)c1. The average molecular weight is 384 g/mol. The van der Waals surface area contributed by atoms with E-state index in [9.17, 15) is 22.0 Å². The van der Waals surface area contributed by atoms with E-state index < -0.39 is 28.3 Å². The number of halogens is 2. The first kappa shape index (κ1) is 19.6. The second-order valence-corrected chi connectivity index (χ2v) is 7.31. The number of hydrogen-bond acceptors (Lipinski definition) is 4. The highest BCUT2D eigenvalue weighted by atomic mass is 32.2. The minimum atomic E-state index is -3.77. The van der Waals surface area contributed by atoms with Crippen molar-refractivity contribution in [1.82, 2.24) is 5.32 Å². The first-order valence-electron chi connectivity index (χ1n) is 7.64. The first-order chi connectivity index (χ1) is 12.3. The number of nitrogens with one attached hydrogen (secondary N) is 1. The summed E-state index contributed by atoms with van der Waals surface area (Å²) in [5.41, 5.74) is 0.0604. The molecule has 0 aliphatic carbocycles. The van der Waals surface area contributed by atoms with Crippen LogP contribution in [0.15, 0.2) is 48.5 Å². The van der Waals surface area contributed by atoms with Crippen molar-refractivity contribution in [2.45, 2.75) is 0 Å². The fraction of sp³-hybridized carbons (Fsp3) is 0.235. The number of anilines is 1. The summed E-state index contributed by atoms with van der Waals surface area (Å²) in [4.78, 5) is 12.0. The first-order valence-corrected chi connectivity index (χ1v) is 9.49. The lowest BCUT2D eigenvalue weighted by Crippen LogP contribution is -2.41. The quantitative estimate of drug-likeness (QED) is 0.706. The van der Waals surface area contributed by atoms with Gasteiger partial charge in [0.1, 0.15) is 30.5 Å². The maximum Gasteiger partial charge on any atom is 0.240 e. The summed E-state index contributed by atoms with van der Waals surface area (Å²) in [6, 6.07) is 10.4. The van der Waals surface area contributed by atoms with Crippen LogP contribution in [0.1, 0.15) is 0 Å². The van der Waals surface area contributed by atoms with Gasteiger partial charge in [0.05, 0.1) is 18.5 Å². The molecule has 9 heteroatoms. The van der Waals surface area contributed by atoms with Gasteiger partial charge in [-0.05, 0) is 42.5 Å². The van der Waals surface area contributed by atoms with Gasteiger partial charge in [0.25, 0.3) is 0 Å². The Kier molecular flexibility index (Phi) is 6.51. The molecule has 0 radical (unpaired) electrons. The lowest BCUT2D eigenvalue weighted by molar-refractivity contribution is -0.119. The van der Waals surface area contributed by atoms with Crippen LogP contribution in [0.4, 0.5) is 14.5 Å². The van der Waals surface area contributed by atoms with Crippen molar-refractivity contribution in [3.8, 4) is 5.75 Å². The summed E-state index contributed by atoms with van der Waals surface area (Å²) in [5, 5.41) is 2.51. The minimum absolute atomic E-state index is 0.0604. The van der Waals surface area contributed by atoms with Gasteiger partial charge >= 0.3 is 0 Å². The number of nitrogens with zero attached hydrogens (tertiary/aromatic N) is 1. The van der Waals surface area contributed by atoms with Crippen LogP contribution in [0.5, 0.6) is 5.75 Å². The molecule has 0 heterocycles. The highest BCUT2D eigenvalue weighted by Gasteiger charge is 2.21. The molecule has 0 unspecified atom stereocenters. The van der Waals surface area contributed by atoms with Crippen LogP contribution in [-0.2, 0) is 14.8 Å². The van der Waals surface area contributed by atoms with Gasteiger partial charge < -0.3 is 10.1 Å². The molecule has 2 aromatic rings. The molecule has 0 spiro atoms. The largest absolute Gasteiger partial charge is 0.492 e. The molecule has 0 aliphatic rings. The van der Waals surface area contributed by atoms with E-state index in [1.807, 2.05) is 0 Å². The van der Waals surface area contributed by atoms with Crippen molar-refractivity contribution in [3.63, 3.8) is 0 Å². The third-order valence-corrected chi connectivity index (χ3v) is 4.43. The molecule has 6 nitrogen and oxygen atoms in total. The summed E-state index contributed by atoms with van der Waals surface area (Å²) in [6.07, 6.45) is 0.933. The number of rotatable bonds is 8. The summed E-state index contributed by atoms with van der Waals surface area (Å²) in [6.45, 7) is -0.244. The molecule has 0 atom stereocenters. The Morgan fingerprint density at radius 2 is 1.81 bits per heavy atom. The number of sulfonamides is 1. The zero-order chi connectivity index (χ0) is 19.2. The number of ether oxygens (including phenoxy) is 1. The van der Waals surface area contributed by atoms with Crippen molar-refractivity contribution < 1.29 is 26.7 Å². The molecule has 0 aromatic heterocycles. The van der Waals surface area contributed by atoms with E-state index >= 15 is 0 Å². The zero-order valence-corrected chi connectivity index (χ0v) is 14.8. The number of hydrogen-bond donors (Lipinski definition) is 1. The van der Waals surface area contributed by atoms with Gasteiger partial charge in [-0.3, -0.25) is 9.10 Å². The van der Waals surface area contributed by atoms with E-state index in [1.54, 1.807) is 0 Å². The van der Waals surface area contributed by atoms with Crippen LogP contribution in [0.25, 0.3) is 0 Å². The van der Waals surface area contributed by atoms with E-state index in [4.69, 9.17) is 4.74 Å². The van der Waals surface area contributed by atoms with E-state index in [0.29, 0.717) is 5.75 Å². The molecule has 2 rings (SSSR count). The highest BCUT2D eigenvalue weighted by molar-refractivity contribution is 7.92. The predicted octanol–water partition coefficient (Wildman–Crippen LogP) is 1.93. The van der Waals surface area contributed by atoms with Crippen molar-refractivity contribution in [2.24, 2.45) is 0 Å². The van der Waals surface area contributed by atoms with Crippen molar-refractivity contribution in [2.75, 3.05) is 30.3 Å². The fourth-order valence-corrected chi connectivity index (χ4v) is 2.96. The average Bonchev–Trinajstić information content (AvgIpc) is 2.57. The van der Waals surface area contributed by atoms with Gasteiger partial charge in [-0.1, -0.05) is 6.07 Å². The topological polar surface area (TPSA) is 75.7 Å². The minimum Gasteiger partial charge on any atom is -0.492 e. The molecule has 140 valence electrons. The van der Waals surface area contributed by atoms with Crippen molar-refractivity contribution >= 4 is 21.6 Å². The molecule has 0 fully saturated rings. The normalized spacial score (nSPS) is 11.0. The molecule has 0 bridgehead atoms. The highest BCUT2D eigenvalue weighted by Crippen LogP contribution is 2.18. The monoisotopic (exact) mass is 384 g/mol. The van der Waals surface area contributed by atoms with Gasteiger partial charge in [0.2, 0.25) is 15.9 Å². The van der Waals surface area contributed by atoms with E-state index in [2.05, 4.69) is 5.32 Å². The zero-order valence-electron chi connectivity index (χ0n) is 14.0. The summed E-state index contributed by atoms with van der Waals surface area (Å²) < 4.78 is 56.0. The Balaban J connectivity index is 1.88. The Morgan fingerprint density at radius 3 is 2.42 bits per heavy atom. The van der Waals surface area contributed by atoms with Crippen molar-refractivity contribution in [1.29, 1.82) is 0 Å². The van der Waals surface area contributed by atoms with Crippen LogP contribution in [0.3, 0.4) is 0 Å². The molecule has 1 N–H and O–H groups in total. The fourth-order valence-electron chi connectivity index (χ4n) is 2.11. The molecule has 26 heavy (non-hydrogen) atoms.